The van der Waals surface area contributed by atoms with Crippen LogP contribution in [0.15, 0.2) is 64.3 Å². The zero-order valence-electron chi connectivity index (χ0n) is 15.4. The van der Waals surface area contributed by atoms with Crippen molar-refractivity contribution in [2.45, 2.75) is 4.90 Å². The monoisotopic (exact) mass is 458 g/mol. The number of hydrogen-bond donors (Lipinski definition) is 4. The maximum Gasteiger partial charge on any atom is 0.294 e. The Morgan fingerprint density at radius 2 is 1.77 bits per heavy atom. The van der Waals surface area contributed by atoms with E-state index in [0.29, 0.717) is 17.2 Å². The largest absolute Gasteiger partial charge is 0.340 e. The molecule has 4 N–H and O–H groups in total. The summed E-state index contributed by atoms with van der Waals surface area (Å²) in [5.41, 5.74) is 1.09. The van der Waals surface area contributed by atoms with Gasteiger partial charge in [-0.05, 0) is 48.0 Å². The molecule has 0 atom stereocenters. The van der Waals surface area contributed by atoms with Crippen LogP contribution in [0.2, 0.25) is 5.28 Å². The molecule has 1 radical (unpaired) electrons. The third-order valence-electron chi connectivity index (χ3n) is 3.99. The quantitative estimate of drug-likeness (QED) is 0.319. The predicted octanol–water partition coefficient (Wildman–Crippen LogP) is 2.54. The number of benzene rings is 2. The van der Waals surface area contributed by atoms with E-state index >= 15 is 0 Å². The Hall–Kier alpha value is -3.74. The minimum Gasteiger partial charge on any atom is -0.340 e. The molecule has 0 aliphatic rings. The summed E-state index contributed by atoms with van der Waals surface area (Å²) >= 11 is 5.72. The van der Waals surface area contributed by atoms with Crippen LogP contribution in [0.25, 0.3) is 5.69 Å². The molecule has 13 heteroatoms. The summed E-state index contributed by atoms with van der Waals surface area (Å²) in [6, 6.07) is 13.7. The Morgan fingerprint density at radius 3 is 2.52 bits per heavy atom. The van der Waals surface area contributed by atoms with E-state index in [9.17, 15) is 17.8 Å². The van der Waals surface area contributed by atoms with Crippen LogP contribution in [0.5, 0.6) is 0 Å². The molecular formula is C18H13ClN7O4S. The molecule has 0 unspecified atom stereocenters. The Balaban J connectivity index is 1.57. The molecule has 4 rings (SSSR count). The number of hydrogen-bond acceptors (Lipinski definition) is 8. The van der Waals surface area contributed by atoms with Crippen molar-refractivity contribution in [3.8, 4) is 5.69 Å². The Kier molecular flexibility index (Phi) is 5.42. The first-order chi connectivity index (χ1) is 14.8. The van der Waals surface area contributed by atoms with Crippen LogP contribution < -0.4 is 16.2 Å². The highest BCUT2D eigenvalue weighted by Crippen LogP contribution is 2.21. The maximum atomic E-state index is 12.4. The van der Waals surface area contributed by atoms with Gasteiger partial charge in [0.25, 0.3) is 15.7 Å². The fraction of sp³-hybridized carbons (Fsp3) is 0. The summed E-state index contributed by atoms with van der Waals surface area (Å²) in [6.45, 7) is 0. The van der Waals surface area contributed by atoms with E-state index < -0.39 is 15.7 Å². The van der Waals surface area contributed by atoms with Crippen LogP contribution in [0, 0.1) is 6.33 Å². The van der Waals surface area contributed by atoms with E-state index in [0.717, 1.165) is 4.68 Å². The number of rotatable bonds is 6. The Labute approximate surface area is 180 Å². The lowest BCUT2D eigenvalue weighted by Gasteiger charge is -2.08. The van der Waals surface area contributed by atoms with Gasteiger partial charge in [0.2, 0.25) is 17.6 Å². The second-order valence-corrected chi connectivity index (χ2v) is 7.93. The van der Waals surface area contributed by atoms with E-state index in [1.807, 2.05) is 0 Å². The van der Waals surface area contributed by atoms with Gasteiger partial charge in [-0.25, -0.2) is 4.68 Å². The van der Waals surface area contributed by atoms with Crippen molar-refractivity contribution in [2.75, 3.05) is 10.6 Å². The summed E-state index contributed by atoms with van der Waals surface area (Å²) < 4.78 is 33.0. The van der Waals surface area contributed by atoms with E-state index in [2.05, 4.69) is 37.0 Å². The average Bonchev–Trinajstić information content (AvgIpc) is 3.08. The van der Waals surface area contributed by atoms with Crippen LogP contribution in [-0.2, 0) is 10.1 Å². The zero-order chi connectivity index (χ0) is 22.0. The third kappa shape index (κ3) is 4.88. The standard InChI is InChI=1S/C18H13ClN7O4S/c19-17-20-10-21-18(24-17)23-12-4-1-3-11(7-12)22-15-9-16(27)26(25-15)13-5-2-6-14(8-13)31(28,29)30/h1-9,22,25H,(H,28,29,30)(H,20,21,23,24). The van der Waals surface area contributed by atoms with E-state index in [1.165, 1.54) is 30.3 Å². The predicted molar refractivity (Wildman–Crippen MR) is 113 cm³/mol. The molecule has 2 aromatic heterocycles. The zero-order valence-corrected chi connectivity index (χ0v) is 17.0. The molecule has 0 fully saturated rings. The van der Waals surface area contributed by atoms with Gasteiger partial charge in [-0.15, -0.1) is 0 Å². The first kappa shape index (κ1) is 20.5. The van der Waals surface area contributed by atoms with Gasteiger partial charge in [0.05, 0.1) is 10.6 Å². The van der Waals surface area contributed by atoms with Gasteiger partial charge in [0.15, 0.2) is 0 Å². The number of aromatic nitrogens is 5. The van der Waals surface area contributed by atoms with Crippen molar-refractivity contribution in [1.82, 2.24) is 24.7 Å². The van der Waals surface area contributed by atoms with Crippen LogP contribution in [0.4, 0.5) is 23.1 Å². The molecule has 0 bridgehead atoms. The SMILES string of the molecule is O=c1cc(Nc2cccc(Nc3n[c]nc(Cl)n3)c2)[nH]n1-c1cccc(S(=O)(=O)O)c1. The molecule has 2 aromatic carbocycles. The molecule has 4 aromatic rings. The molecular weight excluding hydrogens is 446 g/mol. The molecule has 0 saturated carbocycles. The lowest BCUT2D eigenvalue weighted by atomic mass is 10.3. The van der Waals surface area contributed by atoms with Crippen molar-refractivity contribution in [3.63, 3.8) is 0 Å². The minimum atomic E-state index is -4.40. The summed E-state index contributed by atoms with van der Waals surface area (Å²) in [5.74, 6) is 0.575. The molecule has 0 spiro atoms. The summed E-state index contributed by atoms with van der Waals surface area (Å²) in [7, 11) is -4.40. The van der Waals surface area contributed by atoms with Crippen LogP contribution in [-0.4, -0.2) is 37.7 Å². The normalized spacial score (nSPS) is 11.3. The number of H-pyrrole nitrogens is 1. The van der Waals surface area contributed by atoms with Crippen molar-refractivity contribution in [2.24, 2.45) is 0 Å². The second-order valence-electron chi connectivity index (χ2n) is 6.17. The highest BCUT2D eigenvalue weighted by Gasteiger charge is 2.12. The van der Waals surface area contributed by atoms with Gasteiger partial charge in [0, 0.05) is 17.4 Å². The van der Waals surface area contributed by atoms with Crippen LogP contribution in [0.3, 0.4) is 0 Å². The first-order valence-electron chi connectivity index (χ1n) is 8.60. The highest BCUT2D eigenvalue weighted by atomic mass is 35.5. The van der Waals surface area contributed by atoms with E-state index in [4.69, 9.17) is 11.6 Å². The molecule has 0 aliphatic carbocycles. The minimum absolute atomic E-state index is 0.00348. The number of halogens is 1. The molecule has 31 heavy (non-hydrogen) atoms. The molecule has 2 heterocycles. The van der Waals surface area contributed by atoms with Crippen molar-refractivity contribution in [1.29, 1.82) is 0 Å². The Bertz CT molecular complexity index is 1420. The Morgan fingerprint density at radius 1 is 1.03 bits per heavy atom. The summed E-state index contributed by atoms with van der Waals surface area (Å²) in [6.07, 6.45) is 2.37. The van der Waals surface area contributed by atoms with Gasteiger partial charge < -0.3 is 10.6 Å². The molecule has 11 nitrogen and oxygen atoms in total. The fourth-order valence-corrected chi connectivity index (χ4v) is 3.34. The topological polar surface area (TPSA) is 155 Å². The van der Waals surface area contributed by atoms with Gasteiger partial charge >= 0.3 is 0 Å². The van der Waals surface area contributed by atoms with Gasteiger partial charge in [-0.2, -0.15) is 23.4 Å². The lowest BCUT2D eigenvalue weighted by molar-refractivity contribution is 0.483. The molecule has 0 aliphatic heterocycles. The van der Waals surface area contributed by atoms with E-state index in [-0.39, 0.29) is 21.8 Å². The van der Waals surface area contributed by atoms with Crippen molar-refractivity contribution >= 4 is 44.9 Å². The van der Waals surface area contributed by atoms with Gasteiger partial charge in [-0.3, -0.25) is 14.4 Å². The number of nitrogens with zero attached hydrogens (tertiary/aromatic N) is 4. The number of anilines is 4. The second kappa shape index (κ2) is 8.18. The summed E-state index contributed by atoms with van der Waals surface area (Å²) in [5, 5.41) is 8.85. The third-order valence-corrected chi connectivity index (χ3v) is 5.01. The smallest absolute Gasteiger partial charge is 0.294 e. The molecule has 0 amide bonds. The highest BCUT2D eigenvalue weighted by molar-refractivity contribution is 7.85. The van der Waals surface area contributed by atoms with E-state index in [1.54, 1.807) is 24.3 Å². The van der Waals surface area contributed by atoms with Gasteiger partial charge in [0.1, 0.15) is 5.82 Å². The van der Waals surface area contributed by atoms with Gasteiger partial charge in [-0.1, -0.05) is 12.1 Å². The molecule has 0 saturated heterocycles. The first-order valence-corrected chi connectivity index (χ1v) is 10.4. The van der Waals surface area contributed by atoms with Crippen molar-refractivity contribution in [3.05, 3.63) is 76.6 Å². The summed E-state index contributed by atoms with van der Waals surface area (Å²) in [4.78, 5) is 23.4. The van der Waals surface area contributed by atoms with Crippen LogP contribution >= 0.6 is 11.6 Å². The average molecular weight is 459 g/mol. The maximum absolute atomic E-state index is 12.4. The number of nitrogens with one attached hydrogen (secondary N) is 3. The fourth-order valence-electron chi connectivity index (χ4n) is 2.70. The molecule has 157 valence electrons. The van der Waals surface area contributed by atoms with Crippen LogP contribution in [0.1, 0.15) is 0 Å². The lowest BCUT2D eigenvalue weighted by Crippen LogP contribution is -2.14. The van der Waals surface area contributed by atoms with Crippen molar-refractivity contribution < 1.29 is 13.0 Å². The number of aromatic amines is 1.